The van der Waals surface area contributed by atoms with Gasteiger partial charge < -0.3 is 0 Å². The molecule has 0 aliphatic heterocycles. The van der Waals surface area contributed by atoms with Crippen molar-refractivity contribution in [1.29, 1.82) is 0 Å². The standard InChI is InChI=1S/C38H28S/c1-38(2,3)26-17-11-23(12-18-26)27-19-13-24-16-22-31-28(20-14-25-15-21-30(27)35(24)36(25)31)32-8-6-9-33-29-7-4-5-10-34(29)39-37(32)33/h4-22H,1-3H3. The van der Waals surface area contributed by atoms with Gasteiger partial charge in [0, 0.05) is 25.7 Å². The Morgan fingerprint density at radius 1 is 0.462 bits per heavy atom. The maximum atomic E-state index is 2.34. The van der Waals surface area contributed by atoms with Gasteiger partial charge in [-0.2, -0.15) is 0 Å². The van der Waals surface area contributed by atoms with Crippen LogP contribution in [0, 0.1) is 0 Å². The molecule has 0 spiro atoms. The third kappa shape index (κ3) is 3.36. The van der Waals surface area contributed by atoms with Crippen LogP contribution in [0.4, 0.5) is 0 Å². The number of rotatable bonds is 2. The highest BCUT2D eigenvalue weighted by atomic mass is 32.1. The molecule has 0 nitrogen and oxygen atoms in total. The minimum absolute atomic E-state index is 0.148. The smallest absolute Gasteiger partial charge is 0.0434 e. The summed E-state index contributed by atoms with van der Waals surface area (Å²) in [5.74, 6) is 0. The van der Waals surface area contributed by atoms with Crippen LogP contribution in [0.5, 0.6) is 0 Å². The van der Waals surface area contributed by atoms with Crippen LogP contribution in [0.15, 0.2) is 115 Å². The Morgan fingerprint density at radius 2 is 1.08 bits per heavy atom. The maximum Gasteiger partial charge on any atom is 0.0434 e. The molecule has 0 unspecified atom stereocenters. The summed E-state index contributed by atoms with van der Waals surface area (Å²) in [6.07, 6.45) is 0. The van der Waals surface area contributed by atoms with Crippen molar-refractivity contribution in [2.75, 3.05) is 0 Å². The van der Waals surface area contributed by atoms with Crippen LogP contribution >= 0.6 is 11.3 Å². The SMILES string of the molecule is CC(C)(C)c1ccc(-c2ccc3ccc4c(-c5cccc6c5sc5ccccc56)ccc5ccc2c3c54)cc1. The van der Waals surface area contributed by atoms with Gasteiger partial charge in [0.05, 0.1) is 0 Å². The zero-order valence-electron chi connectivity index (χ0n) is 22.4. The molecule has 0 bridgehead atoms. The lowest BCUT2D eigenvalue weighted by atomic mass is 9.85. The van der Waals surface area contributed by atoms with Crippen molar-refractivity contribution >= 4 is 63.8 Å². The van der Waals surface area contributed by atoms with Crippen molar-refractivity contribution in [1.82, 2.24) is 0 Å². The van der Waals surface area contributed by atoms with Gasteiger partial charge in [-0.15, -0.1) is 11.3 Å². The molecule has 186 valence electrons. The van der Waals surface area contributed by atoms with Gasteiger partial charge in [-0.25, -0.2) is 0 Å². The predicted octanol–water partition coefficient (Wildman–Crippen LogP) is 11.6. The van der Waals surface area contributed by atoms with Crippen molar-refractivity contribution in [2.45, 2.75) is 26.2 Å². The highest BCUT2D eigenvalue weighted by molar-refractivity contribution is 7.26. The normalized spacial score (nSPS) is 12.5. The lowest BCUT2D eigenvalue weighted by Crippen LogP contribution is -2.10. The van der Waals surface area contributed by atoms with Crippen LogP contribution in [0.3, 0.4) is 0 Å². The molecule has 39 heavy (non-hydrogen) atoms. The number of fused-ring (bicyclic) bond motifs is 3. The van der Waals surface area contributed by atoms with Crippen LogP contribution in [0.2, 0.25) is 0 Å². The van der Waals surface area contributed by atoms with E-state index in [0.717, 1.165) is 0 Å². The topological polar surface area (TPSA) is 0 Å². The Labute approximate surface area is 232 Å². The first kappa shape index (κ1) is 22.8. The zero-order valence-corrected chi connectivity index (χ0v) is 23.2. The molecule has 7 aromatic carbocycles. The van der Waals surface area contributed by atoms with Gasteiger partial charge in [0.25, 0.3) is 0 Å². The van der Waals surface area contributed by atoms with Gasteiger partial charge in [0.1, 0.15) is 0 Å². The van der Waals surface area contributed by atoms with E-state index < -0.39 is 0 Å². The van der Waals surface area contributed by atoms with Gasteiger partial charge in [0.2, 0.25) is 0 Å². The van der Waals surface area contributed by atoms with Crippen LogP contribution in [-0.4, -0.2) is 0 Å². The fourth-order valence-corrected chi connectivity index (χ4v) is 7.63. The molecule has 0 saturated carbocycles. The van der Waals surface area contributed by atoms with E-state index in [2.05, 4.69) is 136 Å². The third-order valence-electron chi connectivity index (χ3n) is 8.42. The van der Waals surface area contributed by atoms with Gasteiger partial charge in [-0.3, -0.25) is 0 Å². The van der Waals surface area contributed by atoms with Gasteiger partial charge >= 0.3 is 0 Å². The lowest BCUT2D eigenvalue weighted by molar-refractivity contribution is 0.590. The predicted molar refractivity (Wildman–Crippen MR) is 173 cm³/mol. The Kier molecular flexibility index (Phi) is 4.75. The Balaban J connectivity index is 1.40. The van der Waals surface area contributed by atoms with Gasteiger partial charge in [-0.05, 0) is 66.1 Å². The third-order valence-corrected chi connectivity index (χ3v) is 9.64. The summed E-state index contributed by atoms with van der Waals surface area (Å²) in [7, 11) is 0. The number of benzene rings is 7. The first-order chi connectivity index (χ1) is 19.0. The lowest BCUT2D eigenvalue weighted by Gasteiger charge is -2.20. The number of hydrogen-bond acceptors (Lipinski definition) is 1. The highest BCUT2D eigenvalue weighted by Crippen LogP contribution is 2.45. The molecule has 0 N–H and O–H groups in total. The van der Waals surface area contributed by atoms with Crippen molar-refractivity contribution in [3.05, 3.63) is 121 Å². The summed E-state index contributed by atoms with van der Waals surface area (Å²) in [6, 6.07) is 43.2. The second-order valence-electron chi connectivity index (χ2n) is 11.8. The van der Waals surface area contributed by atoms with E-state index in [9.17, 15) is 0 Å². The molecule has 0 radical (unpaired) electrons. The maximum absolute atomic E-state index is 2.34. The fraction of sp³-hybridized carbons (Fsp3) is 0.105. The van der Waals surface area contributed by atoms with Crippen molar-refractivity contribution in [3.8, 4) is 22.3 Å². The van der Waals surface area contributed by atoms with E-state index in [1.807, 2.05) is 11.3 Å². The molecule has 0 aliphatic rings. The van der Waals surface area contributed by atoms with Crippen LogP contribution in [0.25, 0.3) is 74.7 Å². The summed E-state index contributed by atoms with van der Waals surface area (Å²) in [5, 5.41) is 10.7. The minimum atomic E-state index is 0.148. The van der Waals surface area contributed by atoms with Crippen molar-refractivity contribution in [3.63, 3.8) is 0 Å². The fourth-order valence-electron chi connectivity index (χ4n) is 6.40. The molecule has 8 rings (SSSR count). The average molecular weight is 517 g/mol. The summed E-state index contributed by atoms with van der Waals surface area (Å²) < 4.78 is 2.72. The van der Waals surface area contributed by atoms with E-state index in [0.29, 0.717) is 0 Å². The molecular formula is C38H28S. The summed E-state index contributed by atoms with van der Waals surface area (Å²) in [4.78, 5) is 0. The molecule has 8 aromatic rings. The molecule has 0 saturated heterocycles. The van der Waals surface area contributed by atoms with Crippen molar-refractivity contribution < 1.29 is 0 Å². The minimum Gasteiger partial charge on any atom is -0.135 e. The van der Waals surface area contributed by atoms with E-state index in [4.69, 9.17) is 0 Å². The Hall–Kier alpha value is -4.20. The summed E-state index contributed by atoms with van der Waals surface area (Å²) in [5.41, 5.74) is 6.72. The molecule has 1 heteroatoms. The monoisotopic (exact) mass is 516 g/mol. The zero-order chi connectivity index (χ0) is 26.3. The molecule has 0 aliphatic carbocycles. The number of thiophene rings is 1. The largest absolute Gasteiger partial charge is 0.135 e. The molecular weight excluding hydrogens is 488 g/mol. The molecule has 0 atom stereocenters. The molecule has 1 heterocycles. The first-order valence-electron chi connectivity index (χ1n) is 13.7. The summed E-state index contributed by atoms with van der Waals surface area (Å²) in [6.45, 7) is 6.82. The Morgan fingerprint density at radius 3 is 1.79 bits per heavy atom. The van der Waals surface area contributed by atoms with E-state index in [1.165, 1.54) is 80.3 Å². The first-order valence-corrected chi connectivity index (χ1v) is 14.5. The van der Waals surface area contributed by atoms with Crippen LogP contribution < -0.4 is 0 Å². The average Bonchev–Trinajstić information content (AvgIpc) is 3.34. The molecule has 1 aromatic heterocycles. The molecule has 0 amide bonds. The quantitative estimate of drug-likeness (QED) is 0.200. The van der Waals surface area contributed by atoms with Crippen LogP contribution in [-0.2, 0) is 5.41 Å². The Bertz CT molecular complexity index is 2190. The molecule has 0 fully saturated rings. The van der Waals surface area contributed by atoms with E-state index in [-0.39, 0.29) is 5.41 Å². The number of hydrogen-bond donors (Lipinski definition) is 0. The van der Waals surface area contributed by atoms with Gasteiger partial charge in [-0.1, -0.05) is 130 Å². The second-order valence-corrected chi connectivity index (χ2v) is 12.8. The highest BCUT2D eigenvalue weighted by Gasteiger charge is 2.18. The van der Waals surface area contributed by atoms with Crippen LogP contribution in [0.1, 0.15) is 26.3 Å². The van der Waals surface area contributed by atoms with Gasteiger partial charge in [0.15, 0.2) is 0 Å². The van der Waals surface area contributed by atoms with E-state index >= 15 is 0 Å². The van der Waals surface area contributed by atoms with Crippen molar-refractivity contribution in [2.24, 2.45) is 0 Å². The summed E-state index contributed by atoms with van der Waals surface area (Å²) >= 11 is 1.91. The second kappa shape index (κ2) is 8.15. The van der Waals surface area contributed by atoms with E-state index in [1.54, 1.807) is 0 Å².